The number of carbonyl (C=O) groups is 2. The van der Waals surface area contributed by atoms with E-state index in [0.717, 1.165) is 0 Å². The van der Waals surface area contributed by atoms with E-state index in [1.807, 2.05) is 0 Å². The highest BCUT2D eigenvalue weighted by Crippen LogP contribution is 2.20. The molecule has 0 saturated carbocycles. The van der Waals surface area contributed by atoms with E-state index in [4.69, 9.17) is 0 Å². The van der Waals surface area contributed by atoms with Gasteiger partial charge in [-0.25, -0.2) is 4.98 Å². The van der Waals surface area contributed by atoms with Crippen LogP contribution in [0.2, 0.25) is 0 Å². The van der Waals surface area contributed by atoms with E-state index in [2.05, 4.69) is 15.6 Å². The van der Waals surface area contributed by atoms with Crippen LogP contribution in [0.1, 0.15) is 21.0 Å². The minimum Gasteiger partial charge on any atom is -0.871 e. The van der Waals surface area contributed by atoms with Gasteiger partial charge in [-0.1, -0.05) is 54.0 Å². The predicted octanol–water partition coefficient (Wildman–Crippen LogP) is 1.73. The van der Waals surface area contributed by atoms with Gasteiger partial charge in [0, 0.05) is 11.4 Å². The van der Waals surface area contributed by atoms with Crippen molar-refractivity contribution in [3.63, 3.8) is 0 Å². The highest BCUT2D eigenvalue weighted by molar-refractivity contribution is 6.06. The summed E-state index contributed by atoms with van der Waals surface area (Å²) in [6.45, 7) is 0. The first kappa shape index (κ1) is 17.0. The lowest BCUT2D eigenvalue weighted by Gasteiger charge is -2.14. The van der Waals surface area contributed by atoms with E-state index < -0.39 is 11.8 Å². The number of nitrogens with zero attached hydrogens (tertiary/aromatic N) is 1. The van der Waals surface area contributed by atoms with Crippen LogP contribution in [0.25, 0.3) is 0 Å². The molecule has 0 unspecified atom stereocenters. The number of hydrogen-bond acceptors (Lipinski definition) is 5. The molecule has 0 radical (unpaired) electrons. The van der Waals surface area contributed by atoms with Crippen LogP contribution in [0.4, 0.5) is 11.4 Å². The Kier molecular flexibility index (Phi) is 4.80. The number of rotatable bonds is 4. The van der Waals surface area contributed by atoms with E-state index in [-0.39, 0.29) is 34.3 Å². The average molecular weight is 347 g/mol. The number of nitrogens with one attached hydrogen (secondary N) is 2. The van der Waals surface area contributed by atoms with Crippen LogP contribution < -0.4 is 20.8 Å². The number of para-hydroxylation sites is 4. The smallest absolute Gasteiger partial charge is 0.274 e. The lowest BCUT2D eigenvalue weighted by atomic mass is 10.2. The summed E-state index contributed by atoms with van der Waals surface area (Å²) in [5.41, 5.74) is 0.177. The van der Waals surface area contributed by atoms with Crippen LogP contribution in [0.5, 0.6) is 11.5 Å². The molecule has 0 aliphatic carbocycles. The normalized spacial score (nSPS) is 10.2. The highest BCUT2D eigenvalue weighted by Gasteiger charge is 2.13. The molecule has 0 bridgehead atoms. The molecule has 3 aromatic rings. The molecule has 26 heavy (non-hydrogen) atoms. The molecule has 7 heteroatoms. The average Bonchev–Trinajstić information content (AvgIpc) is 2.65. The van der Waals surface area contributed by atoms with Crippen molar-refractivity contribution in [2.45, 2.75) is 0 Å². The molecule has 0 aliphatic heterocycles. The van der Waals surface area contributed by atoms with Gasteiger partial charge in [-0.05, 0) is 24.3 Å². The maximum absolute atomic E-state index is 12.3. The minimum absolute atomic E-state index is 0.0312. The van der Waals surface area contributed by atoms with Crippen LogP contribution in [-0.4, -0.2) is 16.8 Å². The summed E-state index contributed by atoms with van der Waals surface area (Å²) >= 11 is 0. The Morgan fingerprint density at radius 1 is 0.654 bits per heavy atom. The Hall–Kier alpha value is -3.87. The van der Waals surface area contributed by atoms with Crippen molar-refractivity contribution in [3.05, 3.63) is 78.1 Å². The van der Waals surface area contributed by atoms with E-state index in [1.54, 1.807) is 24.3 Å². The molecular formula is C19H13N3O4-2. The molecule has 2 N–H and O–H groups in total. The van der Waals surface area contributed by atoms with Gasteiger partial charge in [0.2, 0.25) is 0 Å². The topological polar surface area (TPSA) is 117 Å². The lowest BCUT2D eigenvalue weighted by molar-refractivity contribution is -0.267. The Bertz CT molecular complexity index is 898. The summed E-state index contributed by atoms with van der Waals surface area (Å²) in [6, 6.07) is 16.3. The molecule has 0 fully saturated rings. The van der Waals surface area contributed by atoms with Gasteiger partial charge >= 0.3 is 0 Å². The summed E-state index contributed by atoms with van der Waals surface area (Å²) in [6.07, 6.45) is 0. The summed E-state index contributed by atoms with van der Waals surface area (Å²) in [4.78, 5) is 28.5. The van der Waals surface area contributed by atoms with Gasteiger partial charge in [-0.2, -0.15) is 0 Å². The quantitative estimate of drug-likeness (QED) is 0.745. The molecule has 2 aromatic carbocycles. The molecule has 3 rings (SSSR count). The molecule has 0 aliphatic rings. The zero-order chi connectivity index (χ0) is 18.5. The maximum Gasteiger partial charge on any atom is 0.274 e. The van der Waals surface area contributed by atoms with Crippen LogP contribution in [0.3, 0.4) is 0 Å². The van der Waals surface area contributed by atoms with Crippen LogP contribution in [0.15, 0.2) is 66.7 Å². The number of pyridine rings is 1. The first-order chi connectivity index (χ1) is 12.5. The lowest BCUT2D eigenvalue weighted by Crippen LogP contribution is -2.19. The number of aromatic nitrogens is 1. The molecule has 7 nitrogen and oxygen atoms in total. The van der Waals surface area contributed by atoms with Crippen molar-refractivity contribution in [1.29, 1.82) is 0 Å². The van der Waals surface area contributed by atoms with Gasteiger partial charge in [0.05, 0.1) is 0 Å². The van der Waals surface area contributed by atoms with Gasteiger partial charge in [0.15, 0.2) is 0 Å². The molecule has 1 aromatic heterocycles. The summed E-state index contributed by atoms with van der Waals surface area (Å²) in [7, 11) is 0. The second-order valence-corrected chi connectivity index (χ2v) is 5.31. The Balaban J connectivity index is 1.77. The van der Waals surface area contributed by atoms with Crippen LogP contribution in [-0.2, 0) is 0 Å². The Morgan fingerprint density at radius 2 is 1.08 bits per heavy atom. The molecular weight excluding hydrogens is 334 g/mol. The number of hydrogen-bond donors (Lipinski definition) is 2. The third kappa shape index (κ3) is 3.78. The summed E-state index contributed by atoms with van der Waals surface area (Å²) < 4.78 is 0. The molecule has 2 amide bonds. The fraction of sp³-hybridized carbons (Fsp3) is 0. The number of benzene rings is 2. The maximum atomic E-state index is 12.3. The molecule has 0 spiro atoms. The van der Waals surface area contributed by atoms with E-state index in [9.17, 15) is 19.8 Å². The predicted molar refractivity (Wildman–Crippen MR) is 91.9 cm³/mol. The SMILES string of the molecule is O=C(Nc1ccccc1[O-])c1cccc(C(=O)Nc2ccccc2[O-])n1. The van der Waals surface area contributed by atoms with Gasteiger partial charge in [0.1, 0.15) is 11.4 Å². The van der Waals surface area contributed by atoms with Crippen molar-refractivity contribution < 1.29 is 19.8 Å². The summed E-state index contributed by atoms with van der Waals surface area (Å²) in [5.74, 6) is -1.90. The molecule has 0 saturated heterocycles. The zero-order valence-electron chi connectivity index (χ0n) is 13.4. The van der Waals surface area contributed by atoms with Crippen LogP contribution >= 0.6 is 0 Å². The zero-order valence-corrected chi connectivity index (χ0v) is 13.4. The largest absolute Gasteiger partial charge is 0.871 e. The van der Waals surface area contributed by atoms with Crippen LogP contribution in [0, 0.1) is 0 Å². The van der Waals surface area contributed by atoms with Crippen molar-refractivity contribution in [2.24, 2.45) is 0 Å². The first-order valence-electron chi connectivity index (χ1n) is 7.66. The van der Waals surface area contributed by atoms with Crippen molar-refractivity contribution in [2.75, 3.05) is 10.6 Å². The highest BCUT2D eigenvalue weighted by atomic mass is 16.3. The first-order valence-corrected chi connectivity index (χ1v) is 7.66. The number of carbonyl (C=O) groups excluding carboxylic acids is 2. The third-order valence-corrected chi connectivity index (χ3v) is 3.48. The van der Waals surface area contributed by atoms with Crippen molar-refractivity contribution >= 4 is 23.2 Å². The molecule has 130 valence electrons. The van der Waals surface area contributed by atoms with Gasteiger partial charge in [-0.15, -0.1) is 0 Å². The van der Waals surface area contributed by atoms with E-state index >= 15 is 0 Å². The molecule has 0 atom stereocenters. The van der Waals surface area contributed by atoms with Crippen molar-refractivity contribution in [3.8, 4) is 11.5 Å². The number of anilines is 2. The van der Waals surface area contributed by atoms with Gasteiger partial charge in [-0.3, -0.25) is 9.59 Å². The third-order valence-electron chi connectivity index (χ3n) is 3.48. The second kappa shape index (κ2) is 7.35. The second-order valence-electron chi connectivity index (χ2n) is 5.31. The fourth-order valence-corrected chi connectivity index (χ4v) is 2.20. The minimum atomic E-state index is -0.618. The fourth-order valence-electron chi connectivity index (χ4n) is 2.20. The number of amides is 2. The Morgan fingerprint density at radius 3 is 1.50 bits per heavy atom. The molecule has 1 heterocycles. The standard InChI is InChI=1S/C19H15N3O4/c23-16-10-3-1-6-12(16)21-18(25)14-8-5-9-15(20-14)19(26)22-13-7-2-4-11-17(13)24/h1-11,23-24H,(H,21,25)(H,22,26)/p-2. The van der Waals surface area contributed by atoms with E-state index in [0.29, 0.717) is 0 Å². The monoisotopic (exact) mass is 347 g/mol. The Labute approximate surface area is 149 Å². The van der Waals surface area contributed by atoms with E-state index in [1.165, 1.54) is 42.5 Å². The van der Waals surface area contributed by atoms with Gasteiger partial charge < -0.3 is 20.8 Å². The summed E-state index contributed by atoms with van der Waals surface area (Å²) in [5, 5.41) is 28.2. The van der Waals surface area contributed by atoms with Crippen molar-refractivity contribution in [1.82, 2.24) is 4.98 Å². The van der Waals surface area contributed by atoms with Gasteiger partial charge in [0.25, 0.3) is 11.8 Å².